The summed E-state index contributed by atoms with van der Waals surface area (Å²) in [6.45, 7) is 4.03. The molecular formula is C18H20ClN3O2S. The summed E-state index contributed by atoms with van der Waals surface area (Å²) in [5.74, 6) is 0.674. The molecule has 0 aliphatic carbocycles. The second-order valence-electron chi connectivity index (χ2n) is 5.62. The van der Waals surface area contributed by atoms with E-state index in [9.17, 15) is 4.79 Å². The Balaban J connectivity index is 1.78. The van der Waals surface area contributed by atoms with Crippen molar-refractivity contribution < 1.29 is 9.53 Å². The standard InChI is InChI=1S/C18H20ClN3O2S/c1-12(2)15-8-3-4-9-16(15)24-11-17(23)21-22-18(25)20-14-7-5-6-13(19)10-14/h3-10,12H,11H2,1-2H3,(H,21,23)(H2,20,22,25). The molecule has 2 rings (SSSR count). The molecule has 0 unspecified atom stereocenters. The van der Waals surface area contributed by atoms with Crippen LogP contribution in [0.5, 0.6) is 5.75 Å². The molecule has 7 heteroatoms. The van der Waals surface area contributed by atoms with E-state index in [2.05, 4.69) is 30.0 Å². The molecule has 0 saturated heterocycles. The Morgan fingerprint density at radius 2 is 1.92 bits per heavy atom. The molecule has 0 saturated carbocycles. The van der Waals surface area contributed by atoms with Gasteiger partial charge in [-0.25, -0.2) is 0 Å². The maximum atomic E-state index is 11.9. The minimum Gasteiger partial charge on any atom is -0.483 e. The number of anilines is 1. The lowest BCUT2D eigenvalue weighted by Gasteiger charge is -2.15. The molecule has 0 atom stereocenters. The number of carbonyl (C=O) groups is 1. The van der Waals surface area contributed by atoms with Gasteiger partial charge >= 0.3 is 0 Å². The SMILES string of the molecule is CC(C)c1ccccc1OCC(=O)NNC(=S)Nc1cccc(Cl)c1. The lowest BCUT2D eigenvalue weighted by molar-refractivity contribution is -0.123. The van der Waals surface area contributed by atoms with Crippen LogP contribution < -0.4 is 20.9 Å². The van der Waals surface area contributed by atoms with Crippen LogP contribution in [0.3, 0.4) is 0 Å². The minimum atomic E-state index is -0.339. The third-order valence-corrected chi connectivity index (χ3v) is 3.74. The van der Waals surface area contributed by atoms with Gasteiger partial charge in [-0.1, -0.05) is 49.7 Å². The Hall–Kier alpha value is -2.31. The molecule has 5 nitrogen and oxygen atoms in total. The van der Waals surface area contributed by atoms with Crippen LogP contribution in [0.15, 0.2) is 48.5 Å². The van der Waals surface area contributed by atoms with Crippen molar-refractivity contribution in [2.24, 2.45) is 0 Å². The summed E-state index contributed by atoms with van der Waals surface area (Å²) in [5.41, 5.74) is 6.89. The normalized spacial score (nSPS) is 10.2. The Morgan fingerprint density at radius 1 is 1.16 bits per heavy atom. The molecular weight excluding hydrogens is 358 g/mol. The lowest BCUT2D eigenvalue weighted by atomic mass is 10.0. The Labute approximate surface area is 157 Å². The number of hydrogen-bond acceptors (Lipinski definition) is 3. The summed E-state index contributed by atoms with van der Waals surface area (Å²) in [4.78, 5) is 11.9. The number of ether oxygens (including phenoxy) is 1. The number of hydrazine groups is 1. The second-order valence-corrected chi connectivity index (χ2v) is 6.46. The van der Waals surface area contributed by atoms with Crippen molar-refractivity contribution in [3.8, 4) is 5.75 Å². The zero-order valence-electron chi connectivity index (χ0n) is 14.0. The van der Waals surface area contributed by atoms with E-state index in [0.29, 0.717) is 16.7 Å². The monoisotopic (exact) mass is 377 g/mol. The molecule has 0 aliphatic rings. The number of halogens is 1. The van der Waals surface area contributed by atoms with Crippen LogP contribution >= 0.6 is 23.8 Å². The molecule has 0 fully saturated rings. The van der Waals surface area contributed by atoms with E-state index in [1.807, 2.05) is 30.3 Å². The first-order chi connectivity index (χ1) is 12.0. The average molecular weight is 378 g/mol. The summed E-state index contributed by atoms with van der Waals surface area (Å²) in [6.07, 6.45) is 0. The molecule has 0 spiro atoms. The molecule has 0 heterocycles. The van der Waals surface area contributed by atoms with Gasteiger partial charge in [-0.3, -0.25) is 15.6 Å². The van der Waals surface area contributed by atoms with Gasteiger partial charge in [-0.2, -0.15) is 0 Å². The molecule has 2 aromatic rings. The Kier molecular flexibility index (Phi) is 7.03. The molecule has 0 aliphatic heterocycles. The fraction of sp³-hybridized carbons (Fsp3) is 0.222. The number of carbonyl (C=O) groups excluding carboxylic acids is 1. The van der Waals surface area contributed by atoms with Gasteiger partial charge in [0.2, 0.25) is 0 Å². The van der Waals surface area contributed by atoms with E-state index >= 15 is 0 Å². The van der Waals surface area contributed by atoms with Crippen LogP contribution in [0.25, 0.3) is 0 Å². The Morgan fingerprint density at radius 3 is 2.64 bits per heavy atom. The highest BCUT2D eigenvalue weighted by atomic mass is 35.5. The van der Waals surface area contributed by atoms with Gasteiger partial charge < -0.3 is 10.1 Å². The molecule has 0 radical (unpaired) electrons. The average Bonchev–Trinajstić information content (AvgIpc) is 2.58. The summed E-state index contributed by atoms with van der Waals surface area (Å²) >= 11 is 11.0. The smallest absolute Gasteiger partial charge is 0.276 e. The van der Waals surface area contributed by atoms with Crippen LogP contribution in [0.2, 0.25) is 5.02 Å². The van der Waals surface area contributed by atoms with E-state index in [1.165, 1.54) is 0 Å². The van der Waals surface area contributed by atoms with Crippen LogP contribution in [-0.4, -0.2) is 17.6 Å². The van der Waals surface area contributed by atoms with E-state index < -0.39 is 0 Å². The van der Waals surface area contributed by atoms with Gasteiger partial charge in [-0.15, -0.1) is 0 Å². The van der Waals surface area contributed by atoms with Crippen LogP contribution in [0.1, 0.15) is 25.3 Å². The molecule has 25 heavy (non-hydrogen) atoms. The quantitative estimate of drug-likeness (QED) is 0.545. The zero-order valence-corrected chi connectivity index (χ0v) is 15.6. The summed E-state index contributed by atoms with van der Waals surface area (Å²) in [7, 11) is 0. The maximum Gasteiger partial charge on any atom is 0.276 e. The highest BCUT2D eigenvalue weighted by Gasteiger charge is 2.09. The molecule has 3 N–H and O–H groups in total. The van der Waals surface area contributed by atoms with Gasteiger partial charge in [0, 0.05) is 10.7 Å². The van der Waals surface area contributed by atoms with Crippen molar-refractivity contribution in [1.82, 2.24) is 10.9 Å². The first-order valence-corrected chi connectivity index (χ1v) is 8.57. The largest absolute Gasteiger partial charge is 0.483 e. The number of para-hydroxylation sites is 1. The lowest BCUT2D eigenvalue weighted by Crippen LogP contribution is -2.45. The van der Waals surface area contributed by atoms with Crippen molar-refractivity contribution in [3.63, 3.8) is 0 Å². The summed E-state index contributed by atoms with van der Waals surface area (Å²) in [5, 5.41) is 3.76. The van der Waals surface area contributed by atoms with E-state index in [4.69, 9.17) is 28.6 Å². The number of hydrogen-bond donors (Lipinski definition) is 3. The second kappa shape index (κ2) is 9.25. The predicted molar refractivity (Wildman–Crippen MR) is 105 cm³/mol. The van der Waals surface area contributed by atoms with Crippen LogP contribution in [0, 0.1) is 0 Å². The van der Waals surface area contributed by atoms with Gasteiger partial charge in [-0.05, 0) is 48.0 Å². The van der Waals surface area contributed by atoms with E-state index in [-0.39, 0.29) is 17.6 Å². The van der Waals surface area contributed by atoms with E-state index in [1.54, 1.807) is 18.2 Å². The topological polar surface area (TPSA) is 62.4 Å². The number of amides is 1. The fourth-order valence-corrected chi connectivity index (χ4v) is 2.48. The Bertz CT molecular complexity index is 753. The number of benzene rings is 2. The third kappa shape index (κ3) is 6.25. The van der Waals surface area contributed by atoms with Crippen molar-refractivity contribution in [2.45, 2.75) is 19.8 Å². The van der Waals surface area contributed by atoms with Gasteiger partial charge in [0.25, 0.3) is 5.91 Å². The van der Waals surface area contributed by atoms with Crippen molar-refractivity contribution in [1.29, 1.82) is 0 Å². The maximum absolute atomic E-state index is 11.9. The van der Waals surface area contributed by atoms with Crippen molar-refractivity contribution >= 4 is 40.5 Å². The fourth-order valence-electron chi connectivity index (χ4n) is 2.12. The number of rotatable bonds is 5. The minimum absolute atomic E-state index is 0.115. The van der Waals surface area contributed by atoms with Gasteiger partial charge in [0.05, 0.1) is 0 Å². The van der Waals surface area contributed by atoms with Crippen molar-refractivity contribution in [2.75, 3.05) is 11.9 Å². The zero-order chi connectivity index (χ0) is 18.2. The molecule has 1 amide bonds. The third-order valence-electron chi connectivity index (χ3n) is 3.30. The van der Waals surface area contributed by atoms with Crippen LogP contribution in [0.4, 0.5) is 5.69 Å². The first kappa shape index (κ1) is 19.0. The summed E-state index contributed by atoms with van der Waals surface area (Å²) in [6, 6.07) is 14.8. The molecule has 132 valence electrons. The predicted octanol–water partition coefficient (Wildman–Crippen LogP) is 3.86. The number of thiocarbonyl (C=S) groups is 1. The highest BCUT2D eigenvalue weighted by molar-refractivity contribution is 7.80. The molecule has 2 aromatic carbocycles. The van der Waals surface area contributed by atoms with Gasteiger partial charge in [0.15, 0.2) is 11.7 Å². The summed E-state index contributed by atoms with van der Waals surface area (Å²) < 4.78 is 5.59. The van der Waals surface area contributed by atoms with Gasteiger partial charge in [0.1, 0.15) is 5.75 Å². The van der Waals surface area contributed by atoms with Crippen molar-refractivity contribution in [3.05, 3.63) is 59.1 Å². The number of nitrogens with one attached hydrogen (secondary N) is 3. The molecule has 0 bridgehead atoms. The molecule has 0 aromatic heterocycles. The van der Waals surface area contributed by atoms with E-state index in [0.717, 1.165) is 11.3 Å². The first-order valence-electron chi connectivity index (χ1n) is 7.79. The highest BCUT2D eigenvalue weighted by Crippen LogP contribution is 2.25. The van der Waals surface area contributed by atoms with Crippen LogP contribution in [-0.2, 0) is 4.79 Å².